The molecule has 0 bridgehead atoms. The topological polar surface area (TPSA) is 44.5 Å². The Bertz CT molecular complexity index is 423. The average molecular weight is 267 g/mol. The molecule has 0 saturated heterocycles. The summed E-state index contributed by atoms with van der Waals surface area (Å²) in [6.07, 6.45) is 4.16. The first-order valence-electron chi connectivity index (χ1n) is 6.84. The predicted molar refractivity (Wildman–Crippen MR) is 72.7 cm³/mol. The number of ether oxygens (including phenoxy) is 2. The van der Waals surface area contributed by atoms with Crippen molar-refractivity contribution in [3.63, 3.8) is 0 Å². The van der Waals surface area contributed by atoms with Gasteiger partial charge in [-0.1, -0.05) is 6.07 Å². The molecule has 1 fully saturated rings. The first kappa shape index (κ1) is 14.3. The third-order valence-electron chi connectivity index (χ3n) is 3.69. The molecular formula is C15H22FNO2. The lowest BCUT2D eigenvalue weighted by Crippen LogP contribution is -2.29. The number of nitrogens with two attached hydrogens (primary N) is 1. The summed E-state index contributed by atoms with van der Waals surface area (Å²) >= 11 is 0. The molecule has 1 aromatic carbocycles. The van der Waals surface area contributed by atoms with Crippen LogP contribution in [-0.2, 0) is 4.74 Å². The van der Waals surface area contributed by atoms with Crippen LogP contribution in [0, 0.1) is 5.82 Å². The van der Waals surface area contributed by atoms with Gasteiger partial charge < -0.3 is 15.2 Å². The largest absolute Gasteiger partial charge is 0.487 e. The first-order valence-corrected chi connectivity index (χ1v) is 6.84. The van der Waals surface area contributed by atoms with Crippen LogP contribution in [0.4, 0.5) is 4.39 Å². The molecule has 0 amide bonds. The highest BCUT2D eigenvalue weighted by Crippen LogP contribution is 2.28. The Kier molecular flexibility index (Phi) is 4.77. The zero-order valence-electron chi connectivity index (χ0n) is 11.6. The zero-order valence-corrected chi connectivity index (χ0v) is 11.6. The second-order valence-corrected chi connectivity index (χ2v) is 5.24. The number of hydrogen-bond acceptors (Lipinski definition) is 3. The minimum atomic E-state index is -0.339. The van der Waals surface area contributed by atoms with Crippen LogP contribution in [0.25, 0.3) is 0 Å². The SMILES string of the molecule is COC1CCCC(Oc2ccc([C@H](C)N)cc2F)C1. The smallest absolute Gasteiger partial charge is 0.165 e. The van der Waals surface area contributed by atoms with Gasteiger partial charge in [0.2, 0.25) is 0 Å². The maximum Gasteiger partial charge on any atom is 0.165 e. The molecule has 1 aliphatic rings. The average Bonchev–Trinajstić information content (AvgIpc) is 2.41. The molecule has 19 heavy (non-hydrogen) atoms. The lowest BCUT2D eigenvalue weighted by atomic mass is 9.95. The Balaban J connectivity index is 2.02. The highest BCUT2D eigenvalue weighted by atomic mass is 19.1. The molecule has 2 unspecified atom stereocenters. The second kappa shape index (κ2) is 6.35. The molecule has 2 rings (SSSR count). The summed E-state index contributed by atoms with van der Waals surface area (Å²) in [6, 6.07) is 4.77. The van der Waals surface area contributed by atoms with Crippen LogP contribution in [0.1, 0.15) is 44.2 Å². The van der Waals surface area contributed by atoms with Gasteiger partial charge in [0.15, 0.2) is 11.6 Å². The number of halogens is 1. The summed E-state index contributed by atoms with van der Waals surface area (Å²) in [5, 5.41) is 0. The van der Waals surface area contributed by atoms with Gasteiger partial charge in [0, 0.05) is 19.6 Å². The van der Waals surface area contributed by atoms with Crippen molar-refractivity contribution in [2.75, 3.05) is 7.11 Å². The second-order valence-electron chi connectivity index (χ2n) is 5.24. The van der Waals surface area contributed by atoms with Gasteiger partial charge >= 0.3 is 0 Å². The van der Waals surface area contributed by atoms with E-state index in [1.54, 1.807) is 13.2 Å². The number of rotatable bonds is 4. The van der Waals surface area contributed by atoms with Crippen molar-refractivity contribution in [1.29, 1.82) is 0 Å². The fraction of sp³-hybridized carbons (Fsp3) is 0.600. The first-order chi connectivity index (χ1) is 9.10. The van der Waals surface area contributed by atoms with Crippen LogP contribution in [0.15, 0.2) is 18.2 Å². The van der Waals surface area contributed by atoms with Crippen molar-refractivity contribution in [1.82, 2.24) is 0 Å². The van der Waals surface area contributed by atoms with Gasteiger partial charge in [0.05, 0.1) is 6.10 Å². The standard InChI is InChI=1S/C15H22FNO2/c1-10(17)11-6-7-15(14(16)8-11)19-13-5-3-4-12(9-13)18-2/h6-8,10,12-13H,3-5,9,17H2,1-2H3/t10-,12?,13?/m0/s1. The minimum Gasteiger partial charge on any atom is -0.487 e. The molecule has 3 atom stereocenters. The van der Waals surface area contributed by atoms with Crippen LogP contribution in [0.3, 0.4) is 0 Å². The molecule has 1 aromatic rings. The van der Waals surface area contributed by atoms with Gasteiger partial charge in [-0.3, -0.25) is 0 Å². The van der Waals surface area contributed by atoms with E-state index in [0.717, 1.165) is 31.2 Å². The van der Waals surface area contributed by atoms with E-state index in [0.29, 0.717) is 5.75 Å². The molecule has 1 saturated carbocycles. The molecule has 4 heteroatoms. The van der Waals surface area contributed by atoms with Crippen molar-refractivity contribution in [3.8, 4) is 5.75 Å². The van der Waals surface area contributed by atoms with Crippen LogP contribution in [0.5, 0.6) is 5.75 Å². The minimum absolute atomic E-state index is 0.0364. The van der Waals surface area contributed by atoms with Gasteiger partial charge in [0.25, 0.3) is 0 Å². The fourth-order valence-electron chi connectivity index (χ4n) is 2.50. The number of benzene rings is 1. The number of methoxy groups -OCH3 is 1. The van der Waals surface area contributed by atoms with Crippen LogP contribution in [0.2, 0.25) is 0 Å². The summed E-state index contributed by atoms with van der Waals surface area (Å²) in [6.45, 7) is 1.83. The lowest BCUT2D eigenvalue weighted by molar-refractivity contribution is 0.0197. The van der Waals surface area contributed by atoms with E-state index in [2.05, 4.69) is 0 Å². The summed E-state index contributed by atoms with van der Waals surface area (Å²) in [5.74, 6) is -0.0273. The van der Waals surface area contributed by atoms with Crippen molar-refractivity contribution in [2.24, 2.45) is 5.73 Å². The predicted octanol–water partition coefficient (Wildman–Crippen LogP) is 3.18. The molecule has 0 aromatic heterocycles. The normalized spacial score (nSPS) is 25.1. The van der Waals surface area contributed by atoms with E-state index < -0.39 is 0 Å². The Morgan fingerprint density at radius 1 is 1.32 bits per heavy atom. The summed E-state index contributed by atoms with van der Waals surface area (Å²) < 4.78 is 25.0. The Labute approximate surface area is 113 Å². The van der Waals surface area contributed by atoms with Gasteiger partial charge in [-0.15, -0.1) is 0 Å². The Morgan fingerprint density at radius 2 is 2.05 bits per heavy atom. The molecule has 106 valence electrons. The molecule has 0 heterocycles. The van der Waals surface area contributed by atoms with Gasteiger partial charge in [-0.05, 0) is 43.9 Å². The van der Waals surface area contributed by atoms with Crippen molar-refractivity contribution < 1.29 is 13.9 Å². The van der Waals surface area contributed by atoms with Gasteiger partial charge in [-0.2, -0.15) is 0 Å². The molecule has 3 nitrogen and oxygen atoms in total. The molecule has 0 spiro atoms. The third-order valence-corrected chi connectivity index (χ3v) is 3.69. The molecule has 0 radical (unpaired) electrons. The van der Waals surface area contributed by atoms with E-state index in [1.165, 1.54) is 6.07 Å². The van der Waals surface area contributed by atoms with E-state index in [9.17, 15) is 4.39 Å². The lowest BCUT2D eigenvalue weighted by Gasteiger charge is -2.28. The summed E-state index contributed by atoms with van der Waals surface area (Å²) in [7, 11) is 1.71. The maximum atomic E-state index is 13.9. The highest BCUT2D eigenvalue weighted by Gasteiger charge is 2.24. The summed E-state index contributed by atoms with van der Waals surface area (Å²) in [5.41, 5.74) is 6.51. The monoisotopic (exact) mass is 267 g/mol. The van der Waals surface area contributed by atoms with E-state index in [-0.39, 0.29) is 24.1 Å². The zero-order chi connectivity index (χ0) is 13.8. The summed E-state index contributed by atoms with van der Waals surface area (Å²) in [4.78, 5) is 0. The quantitative estimate of drug-likeness (QED) is 0.911. The van der Waals surface area contributed by atoms with Crippen molar-refractivity contribution >= 4 is 0 Å². The number of hydrogen-bond donors (Lipinski definition) is 1. The van der Waals surface area contributed by atoms with E-state index in [1.807, 2.05) is 13.0 Å². The molecule has 2 N–H and O–H groups in total. The van der Waals surface area contributed by atoms with E-state index in [4.69, 9.17) is 15.2 Å². The third kappa shape index (κ3) is 3.67. The fourth-order valence-corrected chi connectivity index (χ4v) is 2.50. The highest BCUT2D eigenvalue weighted by molar-refractivity contribution is 5.31. The van der Waals surface area contributed by atoms with Crippen LogP contribution >= 0.6 is 0 Å². The Morgan fingerprint density at radius 3 is 2.68 bits per heavy atom. The Hall–Kier alpha value is -1.13. The van der Waals surface area contributed by atoms with E-state index >= 15 is 0 Å². The molecule has 1 aliphatic carbocycles. The molecular weight excluding hydrogens is 245 g/mol. The maximum absolute atomic E-state index is 13.9. The molecule has 0 aliphatic heterocycles. The van der Waals surface area contributed by atoms with Crippen LogP contribution < -0.4 is 10.5 Å². The van der Waals surface area contributed by atoms with Gasteiger partial charge in [-0.25, -0.2) is 4.39 Å². The van der Waals surface area contributed by atoms with Crippen molar-refractivity contribution in [2.45, 2.75) is 50.9 Å². The van der Waals surface area contributed by atoms with Crippen LogP contribution in [-0.4, -0.2) is 19.3 Å². The van der Waals surface area contributed by atoms with Gasteiger partial charge in [0.1, 0.15) is 6.10 Å². The van der Waals surface area contributed by atoms with Crippen molar-refractivity contribution in [3.05, 3.63) is 29.6 Å².